The molecule has 0 saturated heterocycles. The summed E-state index contributed by atoms with van der Waals surface area (Å²) in [4.78, 5) is 88.5. The third kappa shape index (κ3) is 18.7. The normalized spacial score (nSPS) is 10.9. The molecule has 0 bridgehead atoms. The van der Waals surface area contributed by atoms with Crippen LogP contribution in [0.5, 0.6) is 0 Å². The molecule has 0 unspecified atom stereocenters. The van der Waals surface area contributed by atoms with Gasteiger partial charge < -0.3 is 90.7 Å². The monoisotopic (exact) mass is 1700 g/mol. The fourth-order valence-electron chi connectivity index (χ4n) is 6.74. The van der Waals surface area contributed by atoms with E-state index in [0.717, 1.165) is 0 Å². The number of halogens is 6. The van der Waals surface area contributed by atoms with Crippen LogP contribution in [-0.2, 0) is 0 Å². The maximum absolute atomic E-state index is 13.6. The van der Waals surface area contributed by atoms with Crippen LogP contribution >= 0.6 is 136 Å². The molecule has 2 aromatic rings. The van der Waals surface area contributed by atoms with E-state index in [9.17, 15) is 90.0 Å². The van der Waals surface area contributed by atoms with Gasteiger partial charge in [-0.15, -0.1) is 0 Å². The van der Waals surface area contributed by atoms with Gasteiger partial charge in [0.15, 0.2) is 0 Å². The van der Waals surface area contributed by atoms with E-state index in [1.54, 1.807) is 0 Å². The molecule has 0 heterocycles. The fourth-order valence-corrected chi connectivity index (χ4v) is 15.8. The average molecular weight is 1700 g/mol. The number of carbonyl (C=O) groups is 6. The topological polar surface area (TPSA) is 365 Å². The van der Waals surface area contributed by atoms with Gasteiger partial charge in [-0.1, -0.05) is 0 Å². The minimum atomic E-state index is -0.613. The van der Waals surface area contributed by atoms with E-state index < -0.39 is 35.4 Å². The zero-order valence-electron chi connectivity index (χ0n) is 38.7. The van der Waals surface area contributed by atoms with Gasteiger partial charge in [-0.3, -0.25) is 28.8 Å². The van der Waals surface area contributed by atoms with Crippen LogP contribution in [0.2, 0.25) is 0 Å². The van der Waals surface area contributed by atoms with Crippen molar-refractivity contribution in [3.8, 4) is 0 Å². The van der Waals surface area contributed by atoms with Gasteiger partial charge in [0.25, 0.3) is 35.4 Å². The Morgan fingerprint density at radius 2 is 0.306 bits per heavy atom. The maximum Gasteiger partial charge on any atom is 0.256 e. The minimum Gasteiger partial charge on any atom is -0.395 e. The quantitative estimate of drug-likeness (QED) is 0.0362. The van der Waals surface area contributed by atoms with Crippen molar-refractivity contribution >= 4 is 171 Å². The number of aliphatic hydroxyl groups excluding tert-OH is 12. The van der Waals surface area contributed by atoms with Gasteiger partial charge in [-0.25, -0.2) is 0 Å². The van der Waals surface area contributed by atoms with Crippen LogP contribution in [0.4, 0.5) is 0 Å². The standard InChI is InChI=1S/2C21H30I3N3O9/c2*22-16-13(19(34)25(1-7-28)2-8-29)17(23)15(21(36)27(5-11-32)6-12-33)18(24)14(16)20(35)26(3-9-30)4-10-31/h2*28-33H,1-12H2. The molecule has 408 valence electrons. The SMILES string of the molecule is O=C(c1c(I)c(C(=O)N(CCO)CCO)c(I)c(C(=O)N(CCO)CCO)c1I)N(CCO)CCO.O=C(c1c(I)c(C(=O)N(CCO)CCO)c(I)c(C(=O)N(CCO)CCO)c1I)N(CCO)CCO. The van der Waals surface area contributed by atoms with E-state index in [0.29, 0.717) is 0 Å². The lowest BCUT2D eigenvalue weighted by Gasteiger charge is -2.28. The van der Waals surface area contributed by atoms with Crippen LogP contribution in [0.25, 0.3) is 0 Å². The number of hydrogen-bond acceptors (Lipinski definition) is 18. The second-order valence-corrected chi connectivity index (χ2v) is 21.0. The van der Waals surface area contributed by atoms with Crippen LogP contribution in [0, 0.1) is 21.4 Å². The largest absolute Gasteiger partial charge is 0.395 e. The van der Waals surface area contributed by atoms with E-state index in [1.807, 2.05) is 136 Å². The van der Waals surface area contributed by atoms with Gasteiger partial charge in [0, 0.05) is 100.0 Å². The molecule has 0 aliphatic rings. The Morgan fingerprint density at radius 1 is 0.222 bits per heavy atom. The Bertz CT molecular complexity index is 1680. The third-order valence-corrected chi connectivity index (χ3v) is 16.6. The van der Waals surface area contributed by atoms with Crippen molar-refractivity contribution in [2.45, 2.75) is 0 Å². The second kappa shape index (κ2) is 37.1. The second-order valence-electron chi connectivity index (χ2n) is 14.6. The average Bonchev–Trinajstić information content (AvgIpc) is 3.33. The van der Waals surface area contributed by atoms with Crippen LogP contribution in [0.1, 0.15) is 62.1 Å². The van der Waals surface area contributed by atoms with Gasteiger partial charge in [0.05, 0.1) is 113 Å². The fraction of sp³-hybridized carbons (Fsp3) is 0.571. The van der Waals surface area contributed by atoms with Crippen LogP contribution in [-0.4, -0.2) is 284 Å². The first-order valence-electron chi connectivity index (χ1n) is 21.8. The van der Waals surface area contributed by atoms with Crippen molar-refractivity contribution in [1.82, 2.24) is 29.4 Å². The number of benzene rings is 2. The van der Waals surface area contributed by atoms with Gasteiger partial charge in [0.2, 0.25) is 0 Å². The summed E-state index contributed by atoms with van der Waals surface area (Å²) in [5.74, 6) is -3.68. The molecule has 2 rings (SSSR count). The number of nitrogens with zero attached hydrogens (tertiary/aromatic N) is 6. The summed E-state index contributed by atoms with van der Waals surface area (Å²) in [5, 5.41) is 113. The Hall–Kier alpha value is -0.840. The molecule has 0 spiro atoms. The van der Waals surface area contributed by atoms with Crippen molar-refractivity contribution in [2.75, 3.05) is 158 Å². The van der Waals surface area contributed by atoms with Gasteiger partial charge in [-0.05, 0) is 136 Å². The van der Waals surface area contributed by atoms with E-state index in [2.05, 4.69) is 0 Å². The Kier molecular flexibility index (Phi) is 35.6. The number of carbonyl (C=O) groups excluding carboxylic acids is 6. The lowest BCUT2D eigenvalue weighted by molar-refractivity contribution is 0.0657. The molecular weight excluding hydrogens is 1640 g/mol. The Balaban J connectivity index is 0.000000720. The molecule has 24 nitrogen and oxygen atoms in total. The highest BCUT2D eigenvalue weighted by Crippen LogP contribution is 2.36. The predicted octanol–water partition coefficient (Wildman–Crippen LogP) is -2.44. The lowest BCUT2D eigenvalue weighted by Crippen LogP contribution is -2.41. The van der Waals surface area contributed by atoms with Crippen molar-refractivity contribution < 1.29 is 90.0 Å². The maximum atomic E-state index is 13.6. The molecule has 0 radical (unpaired) electrons. The summed E-state index contributed by atoms with van der Waals surface area (Å²) < 4.78 is 1.36. The molecule has 2 aromatic carbocycles. The summed E-state index contributed by atoms with van der Waals surface area (Å²) in [7, 11) is 0. The van der Waals surface area contributed by atoms with Crippen LogP contribution in [0.15, 0.2) is 0 Å². The number of amides is 6. The summed E-state index contributed by atoms with van der Waals surface area (Å²) >= 11 is 11.0. The molecule has 6 amide bonds. The van der Waals surface area contributed by atoms with E-state index in [1.165, 1.54) is 29.4 Å². The van der Waals surface area contributed by atoms with Crippen molar-refractivity contribution in [1.29, 1.82) is 0 Å². The molecule has 0 aliphatic carbocycles. The molecule has 0 atom stereocenters. The number of rotatable bonds is 30. The first-order valence-corrected chi connectivity index (χ1v) is 28.3. The summed E-state index contributed by atoms with van der Waals surface area (Å²) in [6.07, 6.45) is 0. The molecule has 0 aromatic heterocycles. The van der Waals surface area contributed by atoms with Crippen molar-refractivity contribution in [2.24, 2.45) is 0 Å². The first kappa shape index (κ1) is 69.2. The zero-order chi connectivity index (χ0) is 54.8. The number of hydrogen-bond donors (Lipinski definition) is 12. The van der Waals surface area contributed by atoms with E-state index in [-0.39, 0.29) is 213 Å². The smallest absolute Gasteiger partial charge is 0.256 e. The lowest BCUT2D eigenvalue weighted by atomic mass is 10.0. The molecule has 30 heteroatoms. The molecule has 0 aliphatic heterocycles. The molecule has 72 heavy (non-hydrogen) atoms. The molecule has 12 N–H and O–H groups in total. The molecule has 0 fully saturated rings. The molecular formula is C42H60I6N6O18. The minimum absolute atomic E-state index is 0.0195. The van der Waals surface area contributed by atoms with E-state index >= 15 is 0 Å². The summed E-state index contributed by atoms with van der Waals surface area (Å²) in [5.41, 5.74) is 0.117. The highest BCUT2D eigenvalue weighted by atomic mass is 127. The van der Waals surface area contributed by atoms with Crippen molar-refractivity contribution in [3.05, 3.63) is 54.8 Å². The van der Waals surface area contributed by atoms with Gasteiger partial charge in [-0.2, -0.15) is 0 Å². The predicted molar refractivity (Wildman–Crippen MR) is 310 cm³/mol. The van der Waals surface area contributed by atoms with Crippen molar-refractivity contribution in [3.63, 3.8) is 0 Å². The molecule has 0 saturated carbocycles. The van der Waals surface area contributed by atoms with Crippen LogP contribution in [0.3, 0.4) is 0 Å². The zero-order valence-corrected chi connectivity index (χ0v) is 51.7. The Morgan fingerprint density at radius 3 is 0.375 bits per heavy atom. The highest BCUT2D eigenvalue weighted by Gasteiger charge is 2.37. The Labute approximate surface area is 497 Å². The van der Waals surface area contributed by atoms with Gasteiger partial charge >= 0.3 is 0 Å². The van der Waals surface area contributed by atoms with Crippen LogP contribution < -0.4 is 0 Å². The highest BCUT2D eigenvalue weighted by molar-refractivity contribution is 14.1. The number of aliphatic hydroxyl groups is 12. The summed E-state index contributed by atoms with van der Waals surface area (Å²) in [6, 6.07) is 0. The first-order chi connectivity index (χ1) is 34.3. The van der Waals surface area contributed by atoms with E-state index in [4.69, 9.17) is 0 Å². The van der Waals surface area contributed by atoms with Gasteiger partial charge in [0.1, 0.15) is 0 Å². The summed E-state index contributed by atoms with van der Waals surface area (Å²) in [6.45, 7) is -5.56. The third-order valence-electron chi connectivity index (χ3n) is 10.1.